The zero-order valence-corrected chi connectivity index (χ0v) is 11.7. The van der Waals surface area contributed by atoms with Gasteiger partial charge in [-0.05, 0) is 36.8 Å². The highest BCUT2D eigenvalue weighted by Crippen LogP contribution is 2.42. The predicted octanol–water partition coefficient (Wildman–Crippen LogP) is 1.40. The van der Waals surface area contributed by atoms with Crippen molar-refractivity contribution in [3.8, 4) is 0 Å². The molecule has 1 aromatic heterocycles. The fourth-order valence-electron chi connectivity index (χ4n) is 3.61. The second kappa shape index (κ2) is 5.31. The first-order chi connectivity index (χ1) is 9.65. The lowest BCUT2D eigenvalue weighted by Crippen LogP contribution is -2.49. The monoisotopic (exact) mass is 276 g/mol. The fraction of sp³-hybridized carbons (Fsp3) is 0.600. The summed E-state index contributed by atoms with van der Waals surface area (Å²) in [5.74, 6) is 1.68. The summed E-state index contributed by atoms with van der Waals surface area (Å²) >= 11 is 0. The van der Waals surface area contributed by atoms with Crippen molar-refractivity contribution in [1.29, 1.82) is 0 Å². The minimum absolute atomic E-state index is 0.0561. The van der Waals surface area contributed by atoms with Crippen LogP contribution in [0.1, 0.15) is 25.5 Å². The molecule has 5 nitrogen and oxygen atoms in total. The van der Waals surface area contributed by atoms with Gasteiger partial charge in [-0.2, -0.15) is 0 Å². The minimum atomic E-state index is 0.0561. The Bertz CT molecular complexity index is 483. The van der Waals surface area contributed by atoms with Crippen LogP contribution >= 0.6 is 0 Å². The third-order valence-electron chi connectivity index (χ3n) is 4.60. The van der Waals surface area contributed by atoms with Crippen molar-refractivity contribution in [1.82, 2.24) is 10.2 Å². The molecule has 1 saturated heterocycles. The number of hydrogen-bond donors (Lipinski definition) is 1. The molecule has 0 radical (unpaired) electrons. The van der Waals surface area contributed by atoms with Crippen LogP contribution in [0.5, 0.6) is 0 Å². The number of piperidine rings is 1. The molecule has 108 valence electrons. The van der Waals surface area contributed by atoms with Crippen LogP contribution in [-0.2, 0) is 16.1 Å². The van der Waals surface area contributed by atoms with Gasteiger partial charge in [0.1, 0.15) is 5.76 Å². The second-order valence-electron chi connectivity index (χ2n) is 5.84. The Morgan fingerprint density at radius 2 is 2.05 bits per heavy atom. The zero-order valence-electron chi connectivity index (χ0n) is 11.7. The maximum Gasteiger partial charge on any atom is 0.224 e. The molecule has 2 bridgehead atoms. The maximum absolute atomic E-state index is 12.4. The number of rotatable bonds is 3. The van der Waals surface area contributed by atoms with E-state index in [2.05, 4.69) is 5.32 Å². The Balaban J connectivity index is 1.60. The van der Waals surface area contributed by atoms with E-state index in [1.807, 2.05) is 17.0 Å². The number of furan rings is 1. The lowest BCUT2D eigenvalue weighted by atomic mass is 9.84. The molecule has 2 aliphatic rings. The van der Waals surface area contributed by atoms with Gasteiger partial charge >= 0.3 is 0 Å². The Morgan fingerprint density at radius 1 is 1.35 bits per heavy atom. The minimum Gasteiger partial charge on any atom is -0.467 e. The summed E-state index contributed by atoms with van der Waals surface area (Å²) in [6.07, 6.45) is 3.71. The van der Waals surface area contributed by atoms with Gasteiger partial charge in [0.15, 0.2) is 0 Å². The standard InChI is InChI=1S/C15H20N2O3/c1-10(18)17-8-11-4-5-12(9-17)14(11)15(19)16-7-13-3-2-6-20-13/h2-3,6,11-12,14H,4-5,7-9H2,1H3,(H,16,19). The third kappa shape index (κ3) is 2.44. The highest BCUT2D eigenvalue weighted by atomic mass is 16.3. The zero-order chi connectivity index (χ0) is 14.1. The van der Waals surface area contributed by atoms with Gasteiger partial charge in [0.25, 0.3) is 0 Å². The Kier molecular flexibility index (Phi) is 3.51. The van der Waals surface area contributed by atoms with E-state index in [0.717, 1.165) is 31.7 Å². The molecule has 1 aromatic rings. The van der Waals surface area contributed by atoms with Gasteiger partial charge in [-0.3, -0.25) is 9.59 Å². The summed E-state index contributed by atoms with van der Waals surface area (Å²) in [5.41, 5.74) is 0. The lowest BCUT2D eigenvalue weighted by Gasteiger charge is -2.36. The van der Waals surface area contributed by atoms with E-state index in [4.69, 9.17) is 4.42 Å². The van der Waals surface area contributed by atoms with Gasteiger partial charge in [0.05, 0.1) is 12.8 Å². The van der Waals surface area contributed by atoms with Gasteiger partial charge in [-0.25, -0.2) is 0 Å². The number of amides is 2. The topological polar surface area (TPSA) is 62.6 Å². The number of hydrogen-bond acceptors (Lipinski definition) is 3. The van der Waals surface area contributed by atoms with Crippen molar-refractivity contribution < 1.29 is 14.0 Å². The van der Waals surface area contributed by atoms with Crippen molar-refractivity contribution in [3.05, 3.63) is 24.2 Å². The molecule has 1 N–H and O–H groups in total. The average molecular weight is 276 g/mol. The van der Waals surface area contributed by atoms with Crippen LogP contribution in [0.25, 0.3) is 0 Å². The van der Waals surface area contributed by atoms with Gasteiger partial charge < -0.3 is 14.6 Å². The Morgan fingerprint density at radius 3 is 2.60 bits per heavy atom. The van der Waals surface area contributed by atoms with Crippen molar-refractivity contribution >= 4 is 11.8 Å². The van der Waals surface area contributed by atoms with Gasteiger partial charge in [-0.15, -0.1) is 0 Å². The number of carbonyl (C=O) groups is 2. The van der Waals surface area contributed by atoms with E-state index < -0.39 is 0 Å². The van der Waals surface area contributed by atoms with Crippen molar-refractivity contribution in [3.63, 3.8) is 0 Å². The van der Waals surface area contributed by atoms with Crippen LogP contribution in [0, 0.1) is 17.8 Å². The Hall–Kier alpha value is -1.78. The quantitative estimate of drug-likeness (QED) is 0.907. The van der Waals surface area contributed by atoms with Crippen LogP contribution in [0.3, 0.4) is 0 Å². The predicted molar refractivity (Wildman–Crippen MR) is 72.5 cm³/mol. The number of likely N-dealkylation sites (tertiary alicyclic amines) is 1. The van der Waals surface area contributed by atoms with E-state index in [1.54, 1.807) is 13.2 Å². The molecule has 1 aliphatic heterocycles. The molecular formula is C15H20N2O3. The highest BCUT2D eigenvalue weighted by Gasteiger charge is 2.46. The van der Waals surface area contributed by atoms with Crippen LogP contribution in [0.4, 0.5) is 0 Å². The van der Waals surface area contributed by atoms with E-state index in [1.165, 1.54) is 0 Å². The van der Waals surface area contributed by atoms with Crippen LogP contribution in [-0.4, -0.2) is 29.8 Å². The summed E-state index contributed by atoms with van der Waals surface area (Å²) in [4.78, 5) is 25.8. The summed E-state index contributed by atoms with van der Waals surface area (Å²) in [5, 5.41) is 2.96. The number of nitrogens with one attached hydrogen (secondary N) is 1. The van der Waals surface area contributed by atoms with Crippen LogP contribution in [0.2, 0.25) is 0 Å². The average Bonchev–Trinajstić information content (AvgIpc) is 3.02. The summed E-state index contributed by atoms with van der Waals surface area (Å²) in [6, 6.07) is 3.67. The molecule has 0 aromatic carbocycles. The van der Waals surface area contributed by atoms with Crippen molar-refractivity contribution in [2.75, 3.05) is 13.1 Å². The Labute approximate surface area is 118 Å². The SMILES string of the molecule is CC(=O)N1CC2CCC(C1)C2C(=O)NCc1ccco1. The molecule has 3 rings (SSSR count). The summed E-state index contributed by atoms with van der Waals surface area (Å²) in [6.45, 7) is 3.50. The first-order valence-electron chi connectivity index (χ1n) is 7.20. The van der Waals surface area contributed by atoms with Crippen LogP contribution < -0.4 is 5.32 Å². The van der Waals surface area contributed by atoms with Gasteiger partial charge in [0, 0.05) is 25.9 Å². The van der Waals surface area contributed by atoms with Crippen LogP contribution in [0.15, 0.2) is 22.8 Å². The van der Waals surface area contributed by atoms with E-state index >= 15 is 0 Å². The van der Waals surface area contributed by atoms with Gasteiger partial charge in [-0.1, -0.05) is 0 Å². The molecule has 0 spiro atoms. The molecule has 2 heterocycles. The fourth-order valence-corrected chi connectivity index (χ4v) is 3.61. The third-order valence-corrected chi connectivity index (χ3v) is 4.60. The molecule has 2 atom stereocenters. The normalized spacial score (nSPS) is 28.4. The first-order valence-corrected chi connectivity index (χ1v) is 7.20. The molecule has 2 fully saturated rings. The molecule has 1 aliphatic carbocycles. The maximum atomic E-state index is 12.4. The molecular weight excluding hydrogens is 256 g/mol. The molecule has 2 amide bonds. The smallest absolute Gasteiger partial charge is 0.224 e. The lowest BCUT2D eigenvalue weighted by molar-refractivity contribution is -0.137. The van der Waals surface area contributed by atoms with Crippen molar-refractivity contribution in [2.45, 2.75) is 26.3 Å². The van der Waals surface area contributed by atoms with E-state index in [9.17, 15) is 9.59 Å². The summed E-state index contributed by atoms with van der Waals surface area (Å²) in [7, 11) is 0. The van der Waals surface area contributed by atoms with E-state index in [0.29, 0.717) is 18.4 Å². The number of nitrogens with zero attached hydrogens (tertiary/aromatic N) is 1. The largest absolute Gasteiger partial charge is 0.467 e. The summed E-state index contributed by atoms with van der Waals surface area (Å²) < 4.78 is 5.22. The molecule has 20 heavy (non-hydrogen) atoms. The number of fused-ring (bicyclic) bond motifs is 2. The highest BCUT2D eigenvalue weighted by molar-refractivity contribution is 5.80. The van der Waals surface area contributed by atoms with E-state index in [-0.39, 0.29) is 17.7 Å². The molecule has 5 heteroatoms. The second-order valence-corrected chi connectivity index (χ2v) is 5.84. The first kappa shape index (κ1) is 13.2. The molecule has 2 unspecified atom stereocenters. The number of carbonyl (C=O) groups excluding carboxylic acids is 2. The molecule has 1 saturated carbocycles. The van der Waals surface area contributed by atoms with Gasteiger partial charge in [0.2, 0.25) is 11.8 Å². The van der Waals surface area contributed by atoms with Crippen molar-refractivity contribution in [2.24, 2.45) is 17.8 Å².